The molecule has 0 fully saturated rings. The molecule has 1 unspecified atom stereocenters. The Morgan fingerprint density at radius 3 is 2.54 bits per heavy atom. The van der Waals surface area contributed by atoms with Crippen LogP contribution in [0.25, 0.3) is 6.08 Å². The van der Waals surface area contributed by atoms with Gasteiger partial charge in [0.15, 0.2) is 4.80 Å². The fourth-order valence-electron chi connectivity index (χ4n) is 4.24. The number of benzene rings is 2. The number of unbranched alkanes of at least 4 members (excludes halogenated alkanes) is 2. The summed E-state index contributed by atoms with van der Waals surface area (Å²) in [5, 5.41) is 0.824. The van der Waals surface area contributed by atoms with E-state index in [0.29, 0.717) is 37.3 Å². The zero-order valence-corrected chi connectivity index (χ0v) is 24.4. The second-order valence-corrected chi connectivity index (χ2v) is 10.8. The molecule has 10 heteroatoms. The first-order chi connectivity index (χ1) is 18.8. The summed E-state index contributed by atoms with van der Waals surface area (Å²) < 4.78 is 18.4. The van der Waals surface area contributed by atoms with Gasteiger partial charge in [0.1, 0.15) is 12.4 Å². The van der Waals surface area contributed by atoms with Crippen LogP contribution in [0.15, 0.2) is 63.5 Å². The third-order valence-electron chi connectivity index (χ3n) is 6.22. The summed E-state index contributed by atoms with van der Waals surface area (Å²) in [6.07, 6.45) is 4.94. The predicted molar refractivity (Wildman–Crippen MR) is 155 cm³/mol. The Bertz CT molecular complexity index is 1540. The molecule has 0 spiro atoms. The van der Waals surface area contributed by atoms with Crippen LogP contribution in [0.4, 0.5) is 0 Å². The molecule has 206 valence electrons. The molecule has 0 aliphatic carbocycles. The highest BCUT2D eigenvalue weighted by Gasteiger charge is 2.33. The van der Waals surface area contributed by atoms with Gasteiger partial charge < -0.3 is 14.2 Å². The molecule has 2 aromatic carbocycles. The predicted octanol–water partition coefficient (Wildman–Crippen LogP) is 5.30. The van der Waals surface area contributed by atoms with Crippen molar-refractivity contribution in [2.45, 2.75) is 39.2 Å². The van der Waals surface area contributed by atoms with E-state index in [1.54, 1.807) is 35.8 Å². The minimum absolute atomic E-state index is 0.0884. The van der Waals surface area contributed by atoms with Crippen LogP contribution in [0, 0.1) is 0 Å². The number of aromatic nitrogens is 1. The van der Waals surface area contributed by atoms with E-state index in [2.05, 4.69) is 11.9 Å². The fraction of sp³-hybridized carbons (Fsp3) is 0.345. The number of ether oxygens (including phenoxy) is 3. The number of halogens is 2. The number of carbonyl (C=O) groups excluding carboxylic acids is 1. The molecule has 0 bridgehead atoms. The van der Waals surface area contributed by atoms with Crippen molar-refractivity contribution < 1.29 is 19.0 Å². The second kappa shape index (κ2) is 13.4. The first-order valence-electron chi connectivity index (χ1n) is 12.7. The summed E-state index contributed by atoms with van der Waals surface area (Å²) in [5.74, 6) is 0.184. The molecule has 39 heavy (non-hydrogen) atoms. The van der Waals surface area contributed by atoms with Crippen LogP contribution in [-0.4, -0.2) is 37.5 Å². The molecule has 4 rings (SSSR count). The molecule has 0 saturated carbocycles. The standard InChI is InChI=1S/C29H30Cl2N2O5S/c1-4-5-6-13-37-21-10-8-20(9-11-21)26-25(28(35)38-15-14-36-3)18(2)32-29-33(26)27(34)24(39-29)17-19-7-12-22(30)23(31)16-19/h7-12,16-17,26H,4-6,13-15H2,1-3H3/b24-17-. The first kappa shape index (κ1) is 29.1. The van der Waals surface area contributed by atoms with E-state index in [0.717, 1.165) is 36.1 Å². The highest BCUT2D eigenvalue weighted by molar-refractivity contribution is 7.07. The van der Waals surface area contributed by atoms with Gasteiger partial charge in [0.05, 0.1) is 45.1 Å². The third-order valence-corrected chi connectivity index (χ3v) is 7.94. The van der Waals surface area contributed by atoms with E-state index in [-0.39, 0.29) is 18.8 Å². The minimum atomic E-state index is -0.721. The van der Waals surface area contributed by atoms with Gasteiger partial charge in [-0.25, -0.2) is 9.79 Å². The molecule has 0 saturated heterocycles. The normalized spacial score (nSPS) is 15.2. The molecule has 3 aromatic rings. The molecule has 2 heterocycles. The number of fused-ring (bicyclic) bond motifs is 1. The molecular weight excluding hydrogens is 559 g/mol. The fourth-order valence-corrected chi connectivity index (χ4v) is 5.59. The molecule has 0 amide bonds. The SMILES string of the molecule is CCCCCOc1ccc(C2C(C(=O)OCCOC)=C(C)N=c3s/c(=C\c4ccc(Cl)c(Cl)c4)c(=O)n32)cc1. The van der Waals surface area contributed by atoms with Gasteiger partial charge in [-0.2, -0.15) is 0 Å². The van der Waals surface area contributed by atoms with E-state index in [9.17, 15) is 9.59 Å². The molecule has 1 aliphatic rings. The van der Waals surface area contributed by atoms with Crippen molar-refractivity contribution in [2.24, 2.45) is 4.99 Å². The molecule has 1 atom stereocenters. The maximum Gasteiger partial charge on any atom is 0.338 e. The first-order valence-corrected chi connectivity index (χ1v) is 14.3. The van der Waals surface area contributed by atoms with Gasteiger partial charge in [-0.15, -0.1) is 0 Å². The van der Waals surface area contributed by atoms with Crippen molar-refractivity contribution in [3.05, 3.63) is 94.6 Å². The lowest BCUT2D eigenvalue weighted by atomic mass is 9.96. The third kappa shape index (κ3) is 6.81. The number of allylic oxidation sites excluding steroid dienone is 1. The lowest BCUT2D eigenvalue weighted by Gasteiger charge is -2.25. The number of nitrogens with zero attached hydrogens (tertiary/aromatic N) is 2. The van der Waals surface area contributed by atoms with Gasteiger partial charge in [-0.05, 0) is 54.8 Å². The Morgan fingerprint density at radius 1 is 1.08 bits per heavy atom. The minimum Gasteiger partial charge on any atom is -0.494 e. The number of thiazole rings is 1. The lowest BCUT2D eigenvalue weighted by molar-refractivity contribution is -0.140. The quantitative estimate of drug-likeness (QED) is 0.224. The van der Waals surface area contributed by atoms with E-state index >= 15 is 0 Å². The average molecular weight is 590 g/mol. The van der Waals surface area contributed by atoms with Crippen LogP contribution in [-0.2, 0) is 14.3 Å². The Labute approximate surface area is 241 Å². The number of methoxy groups -OCH3 is 1. The van der Waals surface area contributed by atoms with Crippen LogP contribution in [0.5, 0.6) is 5.75 Å². The number of hydrogen-bond donors (Lipinski definition) is 0. The molecule has 0 N–H and O–H groups in total. The van der Waals surface area contributed by atoms with Crippen molar-refractivity contribution in [1.82, 2.24) is 4.57 Å². The van der Waals surface area contributed by atoms with Gasteiger partial charge in [-0.1, -0.05) is 72.5 Å². The van der Waals surface area contributed by atoms with Crippen LogP contribution in [0.2, 0.25) is 10.0 Å². The van der Waals surface area contributed by atoms with Crippen LogP contribution < -0.4 is 19.6 Å². The molecule has 0 radical (unpaired) electrons. The van der Waals surface area contributed by atoms with Gasteiger partial charge in [0.2, 0.25) is 0 Å². The number of esters is 1. The summed E-state index contributed by atoms with van der Waals surface area (Å²) in [7, 11) is 1.53. The molecular formula is C29H30Cl2N2O5S. The topological polar surface area (TPSA) is 79.1 Å². The zero-order chi connectivity index (χ0) is 27.9. The second-order valence-electron chi connectivity index (χ2n) is 9.01. The number of rotatable bonds is 11. The number of hydrogen-bond acceptors (Lipinski definition) is 7. The van der Waals surface area contributed by atoms with Gasteiger partial charge in [0, 0.05) is 7.11 Å². The van der Waals surface area contributed by atoms with E-state index in [4.69, 9.17) is 37.4 Å². The Kier molecular flexibility index (Phi) is 10.0. The van der Waals surface area contributed by atoms with Gasteiger partial charge in [-0.3, -0.25) is 9.36 Å². The Morgan fingerprint density at radius 2 is 1.85 bits per heavy atom. The van der Waals surface area contributed by atoms with Crippen molar-refractivity contribution in [2.75, 3.05) is 26.9 Å². The molecule has 1 aliphatic heterocycles. The lowest BCUT2D eigenvalue weighted by Crippen LogP contribution is -2.40. The highest BCUT2D eigenvalue weighted by atomic mass is 35.5. The molecule has 1 aromatic heterocycles. The van der Waals surface area contributed by atoms with Crippen molar-refractivity contribution in [3.8, 4) is 5.75 Å². The van der Waals surface area contributed by atoms with Crippen LogP contribution in [0.1, 0.15) is 50.3 Å². The zero-order valence-electron chi connectivity index (χ0n) is 22.0. The van der Waals surface area contributed by atoms with Crippen molar-refractivity contribution in [3.63, 3.8) is 0 Å². The summed E-state index contributed by atoms with van der Waals surface area (Å²) in [6, 6.07) is 11.9. The maximum absolute atomic E-state index is 13.8. The monoisotopic (exact) mass is 588 g/mol. The van der Waals surface area contributed by atoms with Gasteiger partial charge in [0.25, 0.3) is 5.56 Å². The maximum atomic E-state index is 13.8. The van der Waals surface area contributed by atoms with Crippen LogP contribution in [0.3, 0.4) is 0 Å². The largest absolute Gasteiger partial charge is 0.494 e. The summed E-state index contributed by atoms with van der Waals surface area (Å²) in [6.45, 7) is 4.88. The number of carbonyl (C=O) groups is 1. The Hall–Kier alpha value is -2.91. The van der Waals surface area contributed by atoms with E-state index in [1.807, 2.05) is 24.3 Å². The molecule has 7 nitrogen and oxygen atoms in total. The summed E-state index contributed by atoms with van der Waals surface area (Å²) in [5.41, 5.74) is 1.99. The van der Waals surface area contributed by atoms with Crippen LogP contribution >= 0.6 is 34.5 Å². The highest BCUT2D eigenvalue weighted by Crippen LogP contribution is 2.32. The van der Waals surface area contributed by atoms with Gasteiger partial charge >= 0.3 is 5.97 Å². The Balaban J connectivity index is 1.78. The smallest absolute Gasteiger partial charge is 0.338 e. The van der Waals surface area contributed by atoms with E-state index in [1.165, 1.54) is 18.4 Å². The van der Waals surface area contributed by atoms with Crippen molar-refractivity contribution in [1.29, 1.82) is 0 Å². The summed E-state index contributed by atoms with van der Waals surface area (Å²) >= 11 is 13.5. The van der Waals surface area contributed by atoms with Crippen molar-refractivity contribution >= 4 is 46.6 Å². The van der Waals surface area contributed by atoms with E-state index < -0.39 is 12.0 Å². The average Bonchev–Trinajstić information content (AvgIpc) is 3.22. The summed E-state index contributed by atoms with van der Waals surface area (Å²) in [4.78, 5) is 32.1.